The Balaban J connectivity index is 3.37. The van der Waals surface area contributed by atoms with Gasteiger partial charge in [-0.15, -0.1) is 0 Å². The lowest BCUT2D eigenvalue weighted by Gasteiger charge is -2.13. The number of carbonyl (C=O) groups excluding carboxylic acids is 1. The van der Waals surface area contributed by atoms with E-state index in [1.54, 1.807) is 0 Å². The number of carboxylic acid groups (broad SMARTS) is 1. The van der Waals surface area contributed by atoms with Crippen molar-refractivity contribution in [3.05, 3.63) is 0 Å². The monoisotopic (exact) mass is 510 g/mol. The van der Waals surface area contributed by atoms with Gasteiger partial charge >= 0.3 is 5.97 Å². The van der Waals surface area contributed by atoms with Crippen LogP contribution in [0.3, 0.4) is 0 Å². The summed E-state index contributed by atoms with van der Waals surface area (Å²) in [6.45, 7) is 2.46. The highest BCUT2D eigenvalue weighted by atomic mass is 16.4. The summed E-state index contributed by atoms with van der Waals surface area (Å²) in [6, 6.07) is -0.949. The van der Waals surface area contributed by atoms with Crippen molar-refractivity contribution in [1.82, 2.24) is 5.32 Å². The predicted molar refractivity (Wildman–Crippen MR) is 152 cm³/mol. The highest BCUT2D eigenvalue weighted by Gasteiger charge is 2.19. The molecule has 0 unspecified atom stereocenters. The molecule has 0 saturated heterocycles. The molecule has 0 aliphatic rings. The minimum Gasteiger partial charge on any atom is -0.480 e. The van der Waals surface area contributed by atoms with E-state index >= 15 is 0 Å². The Kier molecular flexibility index (Phi) is 25.0. The van der Waals surface area contributed by atoms with Crippen molar-refractivity contribution in [2.45, 2.75) is 161 Å². The molecular formula is C29H58N4O3. The molecule has 0 saturated carbocycles. The number of nitrogens with one attached hydrogen (secondary N) is 1. The number of nitrogens with zero attached hydrogens (tertiary/aromatic N) is 1. The van der Waals surface area contributed by atoms with E-state index in [1.165, 1.54) is 116 Å². The van der Waals surface area contributed by atoms with Crippen molar-refractivity contribution in [2.24, 2.45) is 16.5 Å². The number of unbranched alkanes of at least 4 members (excludes halogenated alkanes) is 20. The van der Waals surface area contributed by atoms with Gasteiger partial charge in [0.1, 0.15) is 6.04 Å². The molecule has 36 heavy (non-hydrogen) atoms. The largest absolute Gasteiger partial charge is 0.480 e. The molecule has 0 spiro atoms. The van der Waals surface area contributed by atoms with Crippen LogP contribution >= 0.6 is 0 Å². The molecule has 0 heterocycles. The summed E-state index contributed by atoms with van der Waals surface area (Å²) >= 11 is 0. The maximum absolute atomic E-state index is 12.0. The first-order chi connectivity index (χ1) is 17.5. The number of aliphatic imine (C=N–C) groups is 1. The number of carbonyl (C=O) groups is 2. The smallest absolute Gasteiger partial charge is 0.326 e. The lowest BCUT2D eigenvalue weighted by Crippen LogP contribution is -2.41. The Labute approximate surface area is 221 Å². The first-order valence-electron chi connectivity index (χ1n) is 15.0. The second kappa shape index (κ2) is 26.3. The van der Waals surface area contributed by atoms with Crippen molar-refractivity contribution in [3.8, 4) is 0 Å². The van der Waals surface area contributed by atoms with Gasteiger partial charge in [0.15, 0.2) is 5.96 Å². The van der Waals surface area contributed by atoms with Crippen LogP contribution in [0, 0.1) is 0 Å². The van der Waals surface area contributed by atoms with Crippen LogP contribution in [-0.2, 0) is 9.59 Å². The summed E-state index contributed by atoms with van der Waals surface area (Å²) in [5.74, 6) is -1.36. The molecule has 212 valence electrons. The van der Waals surface area contributed by atoms with Gasteiger partial charge in [-0.1, -0.05) is 135 Å². The highest BCUT2D eigenvalue weighted by molar-refractivity contribution is 5.83. The van der Waals surface area contributed by atoms with Gasteiger partial charge in [-0.25, -0.2) is 4.79 Å². The molecule has 7 heteroatoms. The quantitative estimate of drug-likeness (QED) is 0.0547. The van der Waals surface area contributed by atoms with Gasteiger partial charge in [0, 0.05) is 13.0 Å². The molecule has 1 atom stereocenters. The molecule has 0 fully saturated rings. The van der Waals surface area contributed by atoms with Gasteiger partial charge in [-0.2, -0.15) is 0 Å². The molecule has 0 aromatic carbocycles. The van der Waals surface area contributed by atoms with E-state index in [9.17, 15) is 14.7 Å². The second-order valence-electron chi connectivity index (χ2n) is 10.4. The Hall–Kier alpha value is -1.79. The van der Waals surface area contributed by atoms with Crippen LogP contribution < -0.4 is 16.8 Å². The van der Waals surface area contributed by atoms with Crippen LogP contribution in [0.1, 0.15) is 155 Å². The molecular weight excluding hydrogens is 452 g/mol. The number of amides is 1. The number of aliphatic carboxylic acids is 1. The first-order valence-corrected chi connectivity index (χ1v) is 15.0. The molecule has 0 radical (unpaired) electrons. The van der Waals surface area contributed by atoms with Crippen LogP contribution in [0.15, 0.2) is 4.99 Å². The summed E-state index contributed by atoms with van der Waals surface area (Å²) in [7, 11) is 0. The third-order valence-corrected chi connectivity index (χ3v) is 6.85. The maximum atomic E-state index is 12.0. The Morgan fingerprint density at radius 2 is 1.03 bits per heavy atom. The van der Waals surface area contributed by atoms with E-state index in [0.717, 1.165) is 19.3 Å². The van der Waals surface area contributed by atoms with E-state index in [0.29, 0.717) is 6.42 Å². The van der Waals surface area contributed by atoms with E-state index in [-0.39, 0.29) is 24.8 Å². The minimum absolute atomic E-state index is 0.0787. The molecule has 1 amide bonds. The van der Waals surface area contributed by atoms with Crippen LogP contribution in [0.5, 0.6) is 0 Å². The maximum Gasteiger partial charge on any atom is 0.326 e. The van der Waals surface area contributed by atoms with Gasteiger partial charge in [0.05, 0.1) is 0 Å². The topological polar surface area (TPSA) is 131 Å². The van der Waals surface area contributed by atoms with Gasteiger partial charge in [0.2, 0.25) is 5.91 Å². The fraction of sp³-hybridized carbons (Fsp3) is 0.897. The average molecular weight is 511 g/mol. The third kappa shape index (κ3) is 25.3. The van der Waals surface area contributed by atoms with Crippen molar-refractivity contribution >= 4 is 17.8 Å². The standard InChI is InChI=1S/C29H58N4O3/c1-2-3-4-5-6-7-8-9-10-11-12-13-14-15-16-17-18-19-20-21-22-23-27(34)33-26(28(35)36)24-25-32-29(30)31/h26H,2-25H2,1H3,(H,33,34)(H,35,36)(H4,30,31,32)/t26-/m0/s1. The second-order valence-corrected chi connectivity index (χ2v) is 10.4. The predicted octanol–water partition coefficient (Wildman–Crippen LogP) is 6.82. The van der Waals surface area contributed by atoms with E-state index in [1.807, 2.05) is 0 Å². The van der Waals surface area contributed by atoms with Gasteiger partial charge < -0.3 is 21.9 Å². The molecule has 6 N–H and O–H groups in total. The zero-order valence-electron chi connectivity index (χ0n) is 23.4. The Morgan fingerprint density at radius 1 is 0.667 bits per heavy atom. The van der Waals surface area contributed by atoms with Crippen LogP contribution in [0.4, 0.5) is 0 Å². The fourth-order valence-electron chi connectivity index (χ4n) is 4.56. The molecule has 0 aromatic heterocycles. The van der Waals surface area contributed by atoms with Crippen molar-refractivity contribution in [2.75, 3.05) is 6.54 Å². The van der Waals surface area contributed by atoms with Crippen LogP contribution in [0.25, 0.3) is 0 Å². The van der Waals surface area contributed by atoms with Crippen LogP contribution in [-0.4, -0.2) is 35.5 Å². The number of guanidine groups is 1. The Bertz CT molecular complexity index is 551. The van der Waals surface area contributed by atoms with E-state index in [2.05, 4.69) is 17.2 Å². The SMILES string of the molecule is CCCCCCCCCCCCCCCCCCCCCCCC(=O)N[C@@H](CCN=C(N)N)C(=O)O. The number of carboxylic acids is 1. The van der Waals surface area contributed by atoms with Gasteiger partial charge in [-0.3, -0.25) is 9.79 Å². The minimum atomic E-state index is -1.06. The summed E-state index contributed by atoms with van der Waals surface area (Å²) in [4.78, 5) is 27.0. The third-order valence-electron chi connectivity index (χ3n) is 6.85. The number of hydrogen-bond donors (Lipinski definition) is 4. The van der Waals surface area contributed by atoms with Gasteiger partial charge in [-0.05, 0) is 12.8 Å². The summed E-state index contributed by atoms with van der Waals surface area (Å²) in [6.07, 6.45) is 28.4. The lowest BCUT2D eigenvalue weighted by atomic mass is 10.0. The average Bonchev–Trinajstić information content (AvgIpc) is 2.84. The molecule has 0 bridgehead atoms. The normalized spacial score (nSPS) is 11.8. The summed E-state index contributed by atoms with van der Waals surface area (Å²) in [5, 5.41) is 11.8. The van der Waals surface area contributed by atoms with Crippen molar-refractivity contribution in [3.63, 3.8) is 0 Å². The molecule has 7 nitrogen and oxygen atoms in total. The summed E-state index contributed by atoms with van der Waals surface area (Å²) in [5.41, 5.74) is 10.5. The zero-order chi connectivity index (χ0) is 26.7. The summed E-state index contributed by atoms with van der Waals surface area (Å²) < 4.78 is 0. The number of hydrogen-bond acceptors (Lipinski definition) is 3. The number of rotatable bonds is 27. The van der Waals surface area contributed by atoms with Crippen LogP contribution in [0.2, 0.25) is 0 Å². The van der Waals surface area contributed by atoms with Crippen molar-refractivity contribution in [1.29, 1.82) is 0 Å². The van der Waals surface area contributed by atoms with Crippen molar-refractivity contribution < 1.29 is 14.7 Å². The van der Waals surface area contributed by atoms with E-state index in [4.69, 9.17) is 11.5 Å². The zero-order valence-corrected chi connectivity index (χ0v) is 23.4. The molecule has 0 aliphatic heterocycles. The van der Waals surface area contributed by atoms with E-state index < -0.39 is 12.0 Å². The van der Waals surface area contributed by atoms with Gasteiger partial charge in [0.25, 0.3) is 0 Å². The molecule has 0 rings (SSSR count). The Morgan fingerprint density at radius 3 is 1.36 bits per heavy atom. The molecule has 0 aliphatic carbocycles. The lowest BCUT2D eigenvalue weighted by molar-refractivity contribution is -0.142. The number of nitrogens with two attached hydrogens (primary N) is 2. The highest BCUT2D eigenvalue weighted by Crippen LogP contribution is 2.15. The molecule has 0 aromatic rings. The first kappa shape index (κ1) is 34.2. The fourth-order valence-corrected chi connectivity index (χ4v) is 4.56.